The predicted octanol–water partition coefficient (Wildman–Crippen LogP) is 3.43. The SMILES string of the molecule is CCc1nc(NC(=O)N[C@H](CCOC)c2ccccc2)cc2[nH]nc(OC)c12. The van der Waals surface area contributed by atoms with Crippen molar-refractivity contribution < 1.29 is 14.3 Å². The van der Waals surface area contributed by atoms with Crippen LogP contribution in [-0.2, 0) is 11.2 Å². The predicted molar refractivity (Wildman–Crippen MR) is 108 cm³/mol. The summed E-state index contributed by atoms with van der Waals surface area (Å²) in [5.41, 5.74) is 2.58. The number of urea groups is 1. The molecule has 0 aliphatic rings. The fourth-order valence-corrected chi connectivity index (χ4v) is 3.11. The van der Waals surface area contributed by atoms with Gasteiger partial charge >= 0.3 is 6.03 Å². The molecule has 0 spiro atoms. The number of aromatic amines is 1. The Morgan fingerprint density at radius 3 is 2.71 bits per heavy atom. The van der Waals surface area contributed by atoms with Crippen molar-refractivity contribution >= 4 is 22.8 Å². The smallest absolute Gasteiger partial charge is 0.320 e. The van der Waals surface area contributed by atoms with Crippen molar-refractivity contribution in [2.45, 2.75) is 25.8 Å². The van der Waals surface area contributed by atoms with Crippen molar-refractivity contribution in [3.8, 4) is 5.88 Å². The van der Waals surface area contributed by atoms with Crippen LogP contribution in [0.25, 0.3) is 10.9 Å². The number of hydrogen-bond donors (Lipinski definition) is 3. The van der Waals surface area contributed by atoms with Gasteiger partial charge < -0.3 is 14.8 Å². The Labute approximate surface area is 163 Å². The highest BCUT2D eigenvalue weighted by molar-refractivity contribution is 5.93. The minimum absolute atomic E-state index is 0.164. The lowest BCUT2D eigenvalue weighted by Gasteiger charge is -2.19. The molecule has 0 radical (unpaired) electrons. The van der Waals surface area contributed by atoms with Crippen LogP contribution in [0.4, 0.5) is 10.6 Å². The minimum Gasteiger partial charge on any atom is -0.479 e. The normalized spacial score (nSPS) is 12.0. The van der Waals surface area contributed by atoms with Gasteiger partial charge in [0.2, 0.25) is 5.88 Å². The van der Waals surface area contributed by atoms with Crippen molar-refractivity contribution in [2.75, 3.05) is 26.1 Å². The lowest BCUT2D eigenvalue weighted by molar-refractivity contribution is 0.183. The monoisotopic (exact) mass is 383 g/mol. The summed E-state index contributed by atoms with van der Waals surface area (Å²) in [6.07, 6.45) is 1.35. The van der Waals surface area contributed by atoms with E-state index in [1.54, 1.807) is 20.3 Å². The summed E-state index contributed by atoms with van der Waals surface area (Å²) in [6, 6.07) is 11.1. The summed E-state index contributed by atoms with van der Waals surface area (Å²) < 4.78 is 10.5. The van der Waals surface area contributed by atoms with Gasteiger partial charge in [-0.1, -0.05) is 37.3 Å². The van der Waals surface area contributed by atoms with Crippen molar-refractivity contribution in [3.63, 3.8) is 0 Å². The van der Waals surface area contributed by atoms with Gasteiger partial charge in [-0.25, -0.2) is 9.78 Å². The molecular formula is C20H25N5O3. The van der Waals surface area contributed by atoms with Crippen LogP contribution in [0.2, 0.25) is 0 Å². The maximum Gasteiger partial charge on any atom is 0.320 e. The van der Waals surface area contributed by atoms with E-state index in [2.05, 4.69) is 25.8 Å². The molecule has 0 fully saturated rings. The van der Waals surface area contributed by atoms with E-state index in [4.69, 9.17) is 9.47 Å². The van der Waals surface area contributed by atoms with Gasteiger partial charge in [-0.2, -0.15) is 0 Å². The molecule has 2 heterocycles. The van der Waals surface area contributed by atoms with Crippen molar-refractivity contribution in [1.82, 2.24) is 20.5 Å². The Balaban J connectivity index is 1.77. The molecule has 2 amide bonds. The second-order valence-electron chi connectivity index (χ2n) is 6.31. The summed E-state index contributed by atoms with van der Waals surface area (Å²) in [5, 5.41) is 13.7. The van der Waals surface area contributed by atoms with Gasteiger partial charge in [0.05, 0.1) is 29.7 Å². The van der Waals surface area contributed by atoms with Crippen LogP contribution in [0.1, 0.15) is 30.6 Å². The standard InChI is InChI=1S/C20H25N5O3/c1-4-14-18-16(24-25-19(18)28-3)12-17(21-14)23-20(26)22-15(10-11-27-2)13-8-6-5-7-9-13/h5-9,12,15H,4,10-11H2,1-3H3,(H,24,25)(H2,21,22,23,26)/t15-/m1/s1. The fourth-order valence-electron chi connectivity index (χ4n) is 3.11. The number of H-pyrrole nitrogens is 1. The number of aromatic nitrogens is 3. The van der Waals surface area contributed by atoms with Crippen LogP contribution < -0.4 is 15.4 Å². The molecule has 0 bridgehead atoms. The van der Waals surface area contributed by atoms with Gasteiger partial charge in [0, 0.05) is 19.8 Å². The molecule has 0 aliphatic carbocycles. The molecule has 28 heavy (non-hydrogen) atoms. The van der Waals surface area contributed by atoms with E-state index < -0.39 is 0 Å². The number of nitrogens with zero attached hydrogens (tertiary/aromatic N) is 2. The fraction of sp³-hybridized carbons (Fsp3) is 0.350. The Hall–Kier alpha value is -3.13. The summed E-state index contributed by atoms with van der Waals surface area (Å²) >= 11 is 0. The molecule has 3 rings (SSSR count). The third-order valence-electron chi connectivity index (χ3n) is 4.47. The van der Waals surface area contributed by atoms with Gasteiger partial charge in [0.25, 0.3) is 0 Å². The topological polar surface area (TPSA) is 101 Å². The van der Waals surface area contributed by atoms with Gasteiger partial charge in [0.15, 0.2) is 0 Å². The quantitative estimate of drug-likeness (QED) is 0.553. The summed E-state index contributed by atoms with van der Waals surface area (Å²) in [7, 11) is 3.21. The molecular weight excluding hydrogens is 358 g/mol. The molecule has 0 saturated carbocycles. The van der Waals surface area contributed by atoms with Crippen LogP contribution in [-0.4, -0.2) is 42.0 Å². The number of amides is 2. The average molecular weight is 383 g/mol. The number of aryl methyl sites for hydroxylation is 1. The summed E-state index contributed by atoms with van der Waals surface area (Å²) in [5.74, 6) is 0.950. The van der Waals surface area contributed by atoms with Crippen LogP contribution in [0.3, 0.4) is 0 Å². The maximum atomic E-state index is 12.6. The number of nitrogens with one attached hydrogen (secondary N) is 3. The number of ether oxygens (including phenoxy) is 2. The first-order chi connectivity index (χ1) is 13.7. The van der Waals surface area contributed by atoms with Gasteiger partial charge in [-0.05, 0) is 18.4 Å². The molecule has 148 valence electrons. The second-order valence-corrected chi connectivity index (χ2v) is 6.31. The zero-order chi connectivity index (χ0) is 19.9. The zero-order valence-corrected chi connectivity index (χ0v) is 16.3. The largest absolute Gasteiger partial charge is 0.479 e. The molecule has 8 nitrogen and oxygen atoms in total. The zero-order valence-electron chi connectivity index (χ0n) is 16.3. The van der Waals surface area contributed by atoms with Gasteiger partial charge in [-0.3, -0.25) is 10.4 Å². The number of carbonyl (C=O) groups excluding carboxylic acids is 1. The lowest BCUT2D eigenvalue weighted by Crippen LogP contribution is -2.33. The molecule has 0 unspecified atom stereocenters. The van der Waals surface area contributed by atoms with E-state index in [0.29, 0.717) is 31.1 Å². The Morgan fingerprint density at radius 2 is 2.04 bits per heavy atom. The number of pyridine rings is 1. The lowest BCUT2D eigenvalue weighted by atomic mass is 10.0. The van der Waals surface area contributed by atoms with Crippen LogP contribution in [0, 0.1) is 0 Å². The number of carbonyl (C=O) groups is 1. The minimum atomic E-state index is -0.328. The van der Waals surface area contributed by atoms with Crippen LogP contribution in [0.5, 0.6) is 5.88 Å². The number of hydrogen-bond acceptors (Lipinski definition) is 5. The second kappa shape index (κ2) is 9.18. The molecule has 1 atom stereocenters. The third-order valence-corrected chi connectivity index (χ3v) is 4.47. The molecule has 3 aromatic rings. The summed E-state index contributed by atoms with van der Waals surface area (Å²) in [4.78, 5) is 17.1. The number of methoxy groups -OCH3 is 2. The van der Waals surface area contributed by atoms with E-state index in [9.17, 15) is 4.79 Å². The van der Waals surface area contributed by atoms with Crippen molar-refractivity contribution in [2.24, 2.45) is 0 Å². The first-order valence-electron chi connectivity index (χ1n) is 9.19. The molecule has 2 aromatic heterocycles. The van der Waals surface area contributed by atoms with Gasteiger partial charge in [0.1, 0.15) is 5.82 Å². The highest BCUT2D eigenvalue weighted by Crippen LogP contribution is 2.27. The highest BCUT2D eigenvalue weighted by Gasteiger charge is 2.17. The number of anilines is 1. The van der Waals surface area contributed by atoms with Crippen molar-refractivity contribution in [1.29, 1.82) is 0 Å². The Kier molecular flexibility index (Phi) is 6.44. The first kappa shape index (κ1) is 19.6. The Morgan fingerprint density at radius 1 is 1.25 bits per heavy atom. The molecule has 8 heteroatoms. The molecule has 0 aliphatic heterocycles. The van der Waals surface area contributed by atoms with E-state index in [1.807, 2.05) is 37.3 Å². The van der Waals surface area contributed by atoms with E-state index in [-0.39, 0.29) is 12.1 Å². The molecule has 0 saturated heterocycles. The number of fused-ring (bicyclic) bond motifs is 1. The van der Waals surface area contributed by atoms with E-state index >= 15 is 0 Å². The van der Waals surface area contributed by atoms with E-state index in [1.165, 1.54) is 0 Å². The number of benzene rings is 1. The summed E-state index contributed by atoms with van der Waals surface area (Å²) in [6.45, 7) is 2.53. The molecule has 3 N–H and O–H groups in total. The van der Waals surface area contributed by atoms with Crippen LogP contribution >= 0.6 is 0 Å². The first-order valence-corrected chi connectivity index (χ1v) is 9.19. The maximum absolute atomic E-state index is 12.6. The third kappa shape index (κ3) is 4.40. The number of rotatable bonds is 8. The van der Waals surface area contributed by atoms with Gasteiger partial charge in [-0.15, -0.1) is 5.10 Å². The van der Waals surface area contributed by atoms with E-state index in [0.717, 1.165) is 22.2 Å². The molecule has 1 aromatic carbocycles. The van der Waals surface area contributed by atoms with Crippen molar-refractivity contribution in [3.05, 3.63) is 47.7 Å². The van der Waals surface area contributed by atoms with Crippen LogP contribution in [0.15, 0.2) is 36.4 Å². The average Bonchev–Trinajstić information content (AvgIpc) is 3.14. The Bertz CT molecular complexity index is 926. The highest BCUT2D eigenvalue weighted by atomic mass is 16.5.